The highest BCUT2D eigenvalue weighted by atomic mass is 19.3. The molecule has 1 aromatic carbocycles. The van der Waals surface area contributed by atoms with Crippen LogP contribution in [0, 0.1) is 12.2 Å². The SMILES string of the molecule is Fc1ccc([CH]c2cccnn2)cc1C(F)F. The van der Waals surface area contributed by atoms with E-state index in [9.17, 15) is 13.2 Å². The lowest BCUT2D eigenvalue weighted by molar-refractivity contribution is 0.146. The Bertz CT molecular complexity index is 500. The van der Waals surface area contributed by atoms with E-state index in [2.05, 4.69) is 10.2 Å². The average molecular weight is 237 g/mol. The Labute approximate surface area is 96.1 Å². The number of nitrogens with zero attached hydrogens (tertiary/aromatic N) is 2. The number of rotatable bonds is 3. The Hall–Kier alpha value is -1.91. The summed E-state index contributed by atoms with van der Waals surface area (Å²) in [5, 5.41) is 7.44. The van der Waals surface area contributed by atoms with Crippen LogP contribution >= 0.6 is 0 Å². The summed E-state index contributed by atoms with van der Waals surface area (Å²) < 4.78 is 38.0. The second-order valence-corrected chi connectivity index (χ2v) is 3.37. The quantitative estimate of drug-likeness (QED) is 0.819. The zero-order chi connectivity index (χ0) is 12.3. The first-order chi connectivity index (χ1) is 8.16. The van der Waals surface area contributed by atoms with Gasteiger partial charge in [-0.15, -0.1) is 0 Å². The third-order valence-electron chi connectivity index (χ3n) is 2.16. The summed E-state index contributed by atoms with van der Waals surface area (Å²) in [5.74, 6) is -0.906. The van der Waals surface area contributed by atoms with Crippen LogP contribution < -0.4 is 0 Å². The fourth-order valence-electron chi connectivity index (χ4n) is 1.38. The van der Waals surface area contributed by atoms with Gasteiger partial charge in [-0.2, -0.15) is 10.2 Å². The molecule has 2 rings (SSSR count). The minimum atomic E-state index is -2.83. The molecule has 0 saturated heterocycles. The van der Waals surface area contributed by atoms with Gasteiger partial charge < -0.3 is 0 Å². The Morgan fingerprint density at radius 3 is 2.65 bits per heavy atom. The standard InChI is InChI=1S/C12H8F3N2/c13-11-4-3-8(7-10(11)12(14)15)6-9-2-1-5-16-17-9/h1-7,12H. The smallest absolute Gasteiger partial charge is 0.206 e. The van der Waals surface area contributed by atoms with Crippen LogP contribution in [0.25, 0.3) is 0 Å². The van der Waals surface area contributed by atoms with Crippen LogP contribution in [0.4, 0.5) is 13.2 Å². The molecule has 0 unspecified atom stereocenters. The lowest BCUT2D eigenvalue weighted by Gasteiger charge is -2.05. The molecule has 0 aliphatic heterocycles. The molecule has 2 nitrogen and oxygen atoms in total. The van der Waals surface area contributed by atoms with E-state index in [1.165, 1.54) is 12.3 Å². The fraction of sp³-hybridized carbons (Fsp3) is 0.0833. The predicted molar refractivity (Wildman–Crippen MR) is 55.9 cm³/mol. The molecule has 1 heterocycles. The van der Waals surface area contributed by atoms with Crippen LogP contribution in [-0.2, 0) is 0 Å². The van der Waals surface area contributed by atoms with Gasteiger partial charge in [-0.05, 0) is 29.8 Å². The molecule has 0 bridgehead atoms. The summed E-state index contributed by atoms with van der Waals surface area (Å²) in [7, 11) is 0. The molecule has 0 spiro atoms. The van der Waals surface area contributed by atoms with E-state index >= 15 is 0 Å². The molecule has 1 radical (unpaired) electrons. The number of halogens is 3. The minimum absolute atomic E-state index is 0.460. The first kappa shape index (κ1) is 11.6. The Morgan fingerprint density at radius 2 is 2.00 bits per heavy atom. The Balaban J connectivity index is 2.26. The van der Waals surface area contributed by atoms with Gasteiger partial charge in [0, 0.05) is 12.6 Å². The molecule has 0 saturated carbocycles. The molecule has 0 aliphatic rings. The third-order valence-corrected chi connectivity index (χ3v) is 2.16. The van der Waals surface area contributed by atoms with E-state index in [0.29, 0.717) is 11.3 Å². The van der Waals surface area contributed by atoms with Gasteiger partial charge >= 0.3 is 0 Å². The van der Waals surface area contributed by atoms with Crippen molar-refractivity contribution in [2.24, 2.45) is 0 Å². The maximum absolute atomic E-state index is 13.0. The maximum Gasteiger partial charge on any atom is 0.266 e. The second-order valence-electron chi connectivity index (χ2n) is 3.37. The van der Waals surface area contributed by atoms with Gasteiger partial charge in [0.15, 0.2) is 0 Å². The minimum Gasteiger partial charge on any atom is -0.206 e. The van der Waals surface area contributed by atoms with Crippen LogP contribution in [0.1, 0.15) is 23.2 Å². The van der Waals surface area contributed by atoms with Gasteiger partial charge in [-0.3, -0.25) is 0 Å². The first-order valence-electron chi connectivity index (χ1n) is 4.87. The van der Waals surface area contributed by atoms with Crippen LogP contribution in [0.5, 0.6) is 0 Å². The van der Waals surface area contributed by atoms with Gasteiger partial charge in [0.05, 0.1) is 11.3 Å². The Morgan fingerprint density at radius 1 is 1.18 bits per heavy atom. The lowest BCUT2D eigenvalue weighted by Crippen LogP contribution is -1.95. The van der Waals surface area contributed by atoms with E-state index in [0.717, 1.165) is 12.1 Å². The van der Waals surface area contributed by atoms with Crippen molar-refractivity contribution >= 4 is 0 Å². The van der Waals surface area contributed by atoms with Crippen molar-refractivity contribution in [1.82, 2.24) is 10.2 Å². The van der Waals surface area contributed by atoms with Crippen molar-refractivity contribution in [1.29, 1.82) is 0 Å². The molecular weight excluding hydrogens is 229 g/mol. The van der Waals surface area contributed by atoms with Crippen LogP contribution in [0.15, 0.2) is 36.5 Å². The van der Waals surface area contributed by atoms with Crippen molar-refractivity contribution in [2.45, 2.75) is 6.43 Å². The van der Waals surface area contributed by atoms with E-state index < -0.39 is 17.8 Å². The molecule has 87 valence electrons. The highest BCUT2D eigenvalue weighted by molar-refractivity contribution is 5.36. The van der Waals surface area contributed by atoms with Crippen molar-refractivity contribution in [3.63, 3.8) is 0 Å². The van der Waals surface area contributed by atoms with Gasteiger partial charge in [-0.25, -0.2) is 13.2 Å². The van der Waals surface area contributed by atoms with Crippen LogP contribution in [0.3, 0.4) is 0 Å². The topological polar surface area (TPSA) is 25.8 Å². The zero-order valence-corrected chi connectivity index (χ0v) is 8.65. The zero-order valence-electron chi connectivity index (χ0n) is 8.65. The van der Waals surface area contributed by atoms with Crippen LogP contribution in [0.2, 0.25) is 0 Å². The molecule has 0 N–H and O–H groups in total. The number of aromatic nitrogens is 2. The van der Waals surface area contributed by atoms with Crippen molar-refractivity contribution < 1.29 is 13.2 Å². The van der Waals surface area contributed by atoms with Gasteiger partial charge in [0.2, 0.25) is 0 Å². The summed E-state index contributed by atoms with van der Waals surface area (Å²) in [4.78, 5) is 0. The number of hydrogen-bond donors (Lipinski definition) is 0. The summed E-state index contributed by atoms with van der Waals surface area (Å²) >= 11 is 0. The van der Waals surface area contributed by atoms with E-state index in [1.807, 2.05) is 0 Å². The molecule has 5 heteroatoms. The molecule has 0 atom stereocenters. The highest BCUT2D eigenvalue weighted by Gasteiger charge is 2.14. The average Bonchev–Trinajstić information content (AvgIpc) is 2.32. The first-order valence-corrected chi connectivity index (χ1v) is 4.87. The fourth-order valence-corrected chi connectivity index (χ4v) is 1.38. The largest absolute Gasteiger partial charge is 0.266 e. The summed E-state index contributed by atoms with van der Waals surface area (Å²) in [5.41, 5.74) is 0.379. The Kier molecular flexibility index (Phi) is 3.37. The second kappa shape index (κ2) is 4.95. The molecular formula is C12H8F3N2. The summed E-state index contributed by atoms with van der Waals surface area (Å²) in [6, 6.07) is 6.89. The molecule has 0 amide bonds. The highest BCUT2D eigenvalue weighted by Crippen LogP contribution is 2.24. The number of benzene rings is 1. The summed E-state index contributed by atoms with van der Waals surface area (Å²) in [6.07, 6.45) is 0.232. The van der Waals surface area contributed by atoms with Gasteiger partial charge in [-0.1, -0.05) is 6.07 Å². The van der Waals surface area contributed by atoms with Gasteiger partial charge in [0.1, 0.15) is 5.82 Å². The van der Waals surface area contributed by atoms with Gasteiger partial charge in [0.25, 0.3) is 6.43 Å². The number of alkyl halides is 2. The molecule has 1 aromatic heterocycles. The van der Waals surface area contributed by atoms with E-state index in [-0.39, 0.29) is 0 Å². The molecule has 2 aromatic rings. The van der Waals surface area contributed by atoms with Crippen molar-refractivity contribution in [3.8, 4) is 0 Å². The normalized spacial score (nSPS) is 10.8. The summed E-state index contributed by atoms with van der Waals surface area (Å²) in [6.45, 7) is 0. The molecule has 17 heavy (non-hydrogen) atoms. The van der Waals surface area contributed by atoms with E-state index in [4.69, 9.17) is 0 Å². The molecule has 0 aliphatic carbocycles. The monoisotopic (exact) mass is 237 g/mol. The van der Waals surface area contributed by atoms with Crippen molar-refractivity contribution in [3.05, 3.63) is 65.6 Å². The maximum atomic E-state index is 13.0. The predicted octanol–water partition coefficient (Wildman–Crippen LogP) is 3.15. The van der Waals surface area contributed by atoms with E-state index in [1.54, 1.807) is 18.6 Å². The third kappa shape index (κ3) is 2.81. The van der Waals surface area contributed by atoms with Crippen LogP contribution in [-0.4, -0.2) is 10.2 Å². The lowest BCUT2D eigenvalue weighted by atomic mass is 10.1. The van der Waals surface area contributed by atoms with Crippen molar-refractivity contribution in [2.75, 3.05) is 0 Å². The number of hydrogen-bond acceptors (Lipinski definition) is 2. The molecule has 0 fully saturated rings.